The predicted octanol–water partition coefficient (Wildman–Crippen LogP) is 2.94. The Balaban J connectivity index is 2.35. The lowest BCUT2D eigenvalue weighted by Gasteiger charge is -2.27. The van der Waals surface area contributed by atoms with Crippen molar-refractivity contribution in [3.05, 3.63) is 35.9 Å². The Hall–Kier alpha value is -1.64. The van der Waals surface area contributed by atoms with Crippen LogP contribution in [0.1, 0.15) is 39.7 Å². The van der Waals surface area contributed by atoms with Gasteiger partial charge in [-0.1, -0.05) is 58.0 Å². The molecule has 2 atom stereocenters. The quantitative estimate of drug-likeness (QED) is 0.784. The molecule has 0 aliphatic carbocycles. The molecule has 0 aromatic heterocycles. The highest BCUT2D eigenvalue weighted by Crippen LogP contribution is 2.31. The summed E-state index contributed by atoms with van der Waals surface area (Å²) in [7, 11) is 1.93. The smallest absolute Gasteiger partial charge is 0.282 e. The summed E-state index contributed by atoms with van der Waals surface area (Å²) in [5, 5.41) is 0. The maximum absolute atomic E-state index is 12.7. The number of hydrogen-bond donors (Lipinski definition) is 0. The van der Waals surface area contributed by atoms with E-state index >= 15 is 0 Å². The Morgan fingerprint density at radius 3 is 2.38 bits per heavy atom. The molecule has 1 aliphatic rings. The third kappa shape index (κ3) is 3.17. The van der Waals surface area contributed by atoms with Crippen LogP contribution in [0.5, 0.6) is 0 Å². The van der Waals surface area contributed by atoms with E-state index in [1.54, 1.807) is 0 Å². The van der Waals surface area contributed by atoms with Crippen LogP contribution in [0, 0.1) is 5.41 Å². The van der Waals surface area contributed by atoms with E-state index in [0.717, 1.165) is 12.8 Å². The summed E-state index contributed by atoms with van der Waals surface area (Å²) in [5.74, 6) is 0.225. The zero-order valence-corrected chi connectivity index (χ0v) is 13.8. The molecule has 1 fully saturated rings. The number of hydrogen-bond acceptors (Lipinski definition) is 1. The first-order chi connectivity index (χ1) is 9.86. The highest BCUT2D eigenvalue weighted by molar-refractivity contribution is 5.83. The van der Waals surface area contributed by atoms with Gasteiger partial charge in [0, 0.05) is 25.3 Å². The topological polar surface area (TPSA) is 23.3 Å². The molecule has 3 nitrogen and oxygen atoms in total. The van der Waals surface area contributed by atoms with Gasteiger partial charge in [0.05, 0.1) is 0 Å². The third-order valence-corrected chi connectivity index (χ3v) is 4.08. The summed E-state index contributed by atoms with van der Waals surface area (Å²) in [5.41, 5.74) is 1.25. The van der Waals surface area contributed by atoms with E-state index in [9.17, 15) is 4.79 Å². The average molecular weight is 287 g/mol. The molecular formula is C18H27N2O+. The summed E-state index contributed by atoms with van der Waals surface area (Å²) in [6.07, 6.45) is 4.02. The van der Waals surface area contributed by atoms with Crippen LogP contribution in [0.25, 0.3) is 0 Å². The van der Waals surface area contributed by atoms with Gasteiger partial charge in [0.15, 0.2) is 0 Å². The van der Waals surface area contributed by atoms with Crippen LogP contribution in [0.3, 0.4) is 0 Å². The number of carbonyl (C=O) groups is 1. The minimum absolute atomic E-state index is 0.0293. The summed E-state index contributed by atoms with van der Waals surface area (Å²) in [4.78, 5) is 14.6. The molecule has 0 saturated carbocycles. The van der Waals surface area contributed by atoms with Crippen LogP contribution in [0.4, 0.5) is 0 Å². The molecule has 1 aliphatic heterocycles. The predicted molar refractivity (Wildman–Crippen MR) is 86.6 cm³/mol. The van der Waals surface area contributed by atoms with Gasteiger partial charge in [-0.25, -0.2) is 4.58 Å². The SMILES string of the molecule is CC/C=[N+]1\[C@H](Cc2ccccc2)C(=O)N(C)[C@@H]1C(C)(C)C. The van der Waals surface area contributed by atoms with E-state index in [4.69, 9.17) is 0 Å². The Kier molecular flexibility index (Phi) is 4.50. The fourth-order valence-electron chi connectivity index (χ4n) is 3.35. The van der Waals surface area contributed by atoms with Gasteiger partial charge in [-0.05, 0) is 5.56 Å². The maximum atomic E-state index is 12.7. The highest BCUT2D eigenvalue weighted by Gasteiger charge is 2.53. The first kappa shape index (κ1) is 15.7. The van der Waals surface area contributed by atoms with E-state index in [1.165, 1.54) is 5.56 Å². The Bertz CT molecular complexity index is 528. The normalized spacial score (nSPS) is 24.9. The van der Waals surface area contributed by atoms with Crippen LogP contribution in [-0.4, -0.2) is 40.9 Å². The number of rotatable bonds is 3. The van der Waals surface area contributed by atoms with Gasteiger partial charge in [0.1, 0.15) is 6.21 Å². The van der Waals surface area contributed by atoms with E-state index < -0.39 is 0 Å². The maximum Gasteiger partial charge on any atom is 0.296 e. The number of nitrogens with zero attached hydrogens (tertiary/aromatic N) is 2. The molecule has 1 aromatic carbocycles. The molecule has 21 heavy (non-hydrogen) atoms. The van der Waals surface area contributed by atoms with Gasteiger partial charge in [-0.3, -0.25) is 9.69 Å². The second-order valence-electron chi connectivity index (χ2n) is 6.93. The molecule has 2 rings (SSSR count). The van der Waals surface area contributed by atoms with Crippen LogP contribution in [0.2, 0.25) is 0 Å². The molecule has 3 heteroatoms. The first-order valence-electron chi connectivity index (χ1n) is 7.77. The number of amides is 1. The zero-order valence-electron chi connectivity index (χ0n) is 13.8. The first-order valence-corrected chi connectivity index (χ1v) is 7.77. The third-order valence-electron chi connectivity index (χ3n) is 4.08. The van der Waals surface area contributed by atoms with E-state index in [1.807, 2.05) is 30.1 Å². The van der Waals surface area contributed by atoms with E-state index in [0.29, 0.717) is 0 Å². The number of benzene rings is 1. The molecule has 0 N–H and O–H groups in total. The van der Waals surface area contributed by atoms with Crippen molar-refractivity contribution in [3.63, 3.8) is 0 Å². The van der Waals surface area contributed by atoms with Gasteiger partial charge in [0.2, 0.25) is 12.2 Å². The lowest BCUT2D eigenvalue weighted by atomic mass is 9.91. The molecule has 0 bridgehead atoms. The number of carbonyl (C=O) groups excluding carboxylic acids is 1. The Morgan fingerprint density at radius 1 is 1.24 bits per heavy atom. The minimum Gasteiger partial charge on any atom is -0.282 e. The van der Waals surface area contributed by atoms with Crippen LogP contribution >= 0.6 is 0 Å². The van der Waals surface area contributed by atoms with E-state index in [-0.39, 0.29) is 23.5 Å². The molecule has 114 valence electrons. The van der Waals surface area contributed by atoms with Gasteiger partial charge >= 0.3 is 0 Å². The molecular weight excluding hydrogens is 260 g/mol. The van der Waals surface area contributed by atoms with Crippen LogP contribution in [-0.2, 0) is 11.2 Å². The molecule has 1 heterocycles. The van der Waals surface area contributed by atoms with Crippen molar-refractivity contribution in [3.8, 4) is 0 Å². The Morgan fingerprint density at radius 2 is 1.86 bits per heavy atom. The standard InChI is InChI=1S/C18H27N2O/c1-6-12-20-15(13-14-10-8-7-9-11-14)16(21)19(5)17(20)18(2,3)4/h7-12,15,17H,6,13H2,1-5H3/q+1/b20-12+/t15-,17+/m1/s1. The lowest BCUT2D eigenvalue weighted by Crippen LogP contribution is -2.44. The van der Waals surface area contributed by atoms with Gasteiger partial charge < -0.3 is 0 Å². The molecule has 1 saturated heterocycles. The fraction of sp³-hybridized carbons (Fsp3) is 0.556. The van der Waals surface area contributed by atoms with Gasteiger partial charge in [-0.15, -0.1) is 0 Å². The van der Waals surface area contributed by atoms with E-state index in [2.05, 4.69) is 50.6 Å². The second kappa shape index (κ2) is 6.00. The van der Waals surface area contributed by atoms with Gasteiger partial charge in [-0.2, -0.15) is 0 Å². The highest BCUT2D eigenvalue weighted by atomic mass is 16.2. The lowest BCUT2D eigenvalue weighted by molar-refractivity contribution is -0.596. The molecule has 1 aromatic rings. The molecule has 0 spiro atoms. The summed E-state index contributed by atoms with van der Waals surface area (Å²) in [6.45, 7) is 8.72. The molecule has 1 amide bonds. The van der Waals surface area contributed by atoms with Gasteiger partial charge in [0.25, 0.3) is 5.91 Å². The zero-order chi connectivity index (χ0) is 15.6. The van der Waals surface area contributed by atoms with Crippen molar-refractivity contribution >= 4 is 12.1 Å². The summed E-state index contributed by atoms with van der Waals surface area (Å²) >= 11 is 0. The fourth-order valence-corrected chi connectivity index (χ4v) is 3.35. The largest absolute Gasteiger partial charge is 0.296 e. The monoisotopic (exact) mass is 287 g/mol. The van der Waals surface area contributed by atoms with Crippen molar-refractivity contribution in [2.45, 2.75) is 52.7 Å². The summed E-state index contributed by atoms with van der Waals surface area (Å²) < 4.78 is 2.27. The second-order valence-corrected chi connectivity index (χ2v) is 6.93. The van der Waals surface area contributed by atoms with Crippen molar-refractivity contribution in [2.24, 2.45) is 5.41 Å². The summed E-state index contributed by atoms with van der Waals surface area (Å²) in [6, 6.07) is 10.2. The molecule has 0 radical (unpaired) electrons. The van der Waals surface area contributed by atoms with Crippen LogP contribution in [0.15, 0.2) is 30.3 Å². The van der Waals surface area contributed by atoms with Crippen molar-refractivity contribution in [2.75, 3.05) is 7.05 Å². The van der Waals surface area contributed by atoms with Crippen molar-refractivity contribution in [1.29, 1.82) is 0 Å². The number of likely N-dealkylation sites (N-methyl/N-ethyl adjacent to an activating group) is 1. The minimum atomic E-state index is -0.0819. The Labute approximate surface area is 128 Å². The molecule has 0 unspecified atom stereocenters. The van der Waals surface area contributed by atoms with Crippen molar-refractivity contribution < 1.29 is 9.37 Å². The van der Waals surface area contributed by atoms with Crippen molar-refractivity contribution in [1.82, 2.24) is 4.90 Å². The average Bonchev–Trinajstić information content (AvgIpc) is 2.65. The van der Waals surface area contributed by atoms with Crippen LogP contribution < -0.4 is 0 Å².